The van der Waals surface area contributed by atoms with Crippen LogP contribution in [0.3, 0.4) is 0 Å². The molecule has 0 spiro atoms. The van der Waals surface area contributed by atoms with Crippen LogP contribution in [0.1, 0.15) is 27.2 Å². The number of rotatable bonds is 3. The van der Waals surface area contributed by atoms with Crippen molar-refractivity contribution in [3.63, 3.8) is 0 Å². The molecule has 0 unspecified atom stereocenters. The van der Waals surface area contributed by atoms with E-state index in [2.05, 4.69) is 21.5 Å². The van der Waals surface area contributed by atoms with Crippen molar-refractivity contribution in [1.82, 2.24) is 9.88 Å². The maximum absolute atomic E-state index is 13.2. The van der Waals surface area contributed by atoms with Crippen LogP contribution in [0.15, 0.2) is 41.8 Å². The second-order valence-electron chi connectivity index (χ2n) is 7.13. The summed E-state index contributed by atoms with van der Waals surface area (Å²) in [4.78, 5) is 20.0. The zero-order chi connectivity index (χ0) is 19.8. The second kappa shape index (κ2) is 7.46. The maximum atomic E-state index is 13.2. The van der Waals surface area contributed by atoms with Crippen LogP contribution in [0.5, 0.6) is 0 Å². The number of morpholine rings is 1. The number of pyridine rings is 1. The van der Waals surface area contributed by atoms with Crippen molar-refractivity contribution in [3.05, 3.63) is 52.7 Å². The van der Waals surface area contributed by atoms with Crippen LogP contribution in [0.4, 0.5) is 11.4 Å². The number of thiophene rings is 1. The highest BCUT2D eigenvalue weighted by molar-refractivity contribution is 7.21. The van der Waals surface area contributed by atoms with Gasteiger partial charge in [0.05, 0.1) is 29.3 Å². The number of fused-ring (bicyclic) bond motifs is 2. The first-order valence-electron chi connectivity index (χ1n) is 9.59. The Kier molecular flexibility index (Phi) is 4.65. The van der Waals surface area contributed by atoms with E-state index < -0.39 is 0 Å². The summed E-state index contributed by atoms with van der Waals surface area (Å²) in [5, 5.41) is 17.0. The highest BCUT2D eigenvalue weighted by atomic mass is 32.1. The quantitative estimate of drug-likeness (QED) is 0.510. The minimum absolute atomic E-state index is 0.0212. The molecule has 1 amide bonds. The molecule has 0 saturated carbocycles. The van der Waals surface area contributed by atoms with Crippen molar-refractivity contribution in [2.45, 2.75) is 12.8 Å². The molecular formula is C21H20N4O3S. The van der Waals surface area contributed by atoms with E-state index in [0.29, 0.717) is 31.2 Å². The van der Waals surface area contributed by atoms with Gasteiger partial charge in [-0.1, -0.05) is 11.2 Å². The Hall–Kier alpha value is -2.97. The average molecular weight is 408 g/mol. The standard InChI is InChI=1S/C21H20N4O3S/c26-21(25-7-9-28-10-8-25)20-19(16-5-6-22-12-18(16)29-20)23-14-2-3-15-13(11-14)1-4-17(15)24-27/h2-3,5-6,11-12,23,27H,1,4,7-10H2/b24-17-. The first-order valence-corrected chi connectivity index (χ1v) is 10.4. The summed E-state index contributed by atoms with van der Waals surface area (Å²) in [6, 6.07) is 7.94. The van der Waals surface area contributed by atoms with Gasteiger partial charge in [0.15, 0.2) is 0 Å². The number of ether oxygens (including phenoxy) is 1. The number of amides is 1. The number of nitrogens with zero attached hydrogens (tertiary/aromatic N) is 3. The lowest BCUT2D eigenvalue weighted by Crippen LogP contribution is -2.40. The smallest absolute Gasteiger partial charge is 0.266 e. The molecule has 0 atom stereocenters. The number of oxime groups is 1. The normalized spacial score (nSPS) is 17.7. The SMILES string of the molecule is O=C(c1sc2cnccc2c1Nc1ccc2c(c1)CC/C2=N/O)N1CCOCC1. The van der Waals surface area contributed by atoms with Crippen LogP contribution >= 0.6 is 11.3 Å². The molecule has 5 rings (SSSR count). The van der Waals surface area contributed by atoms with Gasteiger partial charge in [-0.05, 0) is 36.6 Å². The van der Waals surface area contributed by atoms with Gasteiger partial charge in [0.1, 0.15) is 4.88 Å². The predicted molar refractivity (Wildman–Crippen MR) is 113 cm³/mol. The lowest BCUT2D eigenvalue weighted by atomic mass is 10.1. The summed E-state index contributed by atoms with van der Waals surface area (Å²) >= 11 is 1.47. The molecular weight excluding hydrogens is 388 g/mol. The van der Waals surface area contributed by atoms with E-state index in [0.717, 1.165) is 51.1 Å². The molecule has 3 aromatic rings. The molecule has 148 valence electrons. The fourth-order valence-electron chi connectivity index (χ4n) is 3.93. The number of carbonyl (C=O) groups excluding carboxylic acids is 1. The van der Waals surface area contributed by atoms with Gasteiger partial charge in [-0.15, -0.1) is 11.3 Å². The molecule has 7 nitrogen and oxygen atoms in total. The molecule has 1 saturated heterocycles. The summed E-state index contributed by atoms with van der Waals surface area (Å²) in [6.07, 6.45) is 5.13. The summed E-state index contributed by atoms with van der Waals surface area (Å²) < 4.78 is 6.36. The number of nitrogens with one attached hydrogen (secondary N) is 1. The van der Waals surface area contributed by atoms with E-state index in [1.807, 2.05) is 23.1 Å². The zero-order valence-corrected chi connectivity index (χ0v) is 16.5. The van der Waals surface area contributed by atoms with Gasteiger partial charge in [-0.2, -0.15) is 0 Å². The van der Waals surface area contributed by atoms with Crippen LogP contribution in [0, 0.1) is 0 Å². The predicted octanol–water partition coefficient (Wildman–Crippen LogP) is 3.64. The monoisotopic (exact) mass is 408 g/mol. The fourth-order valence-corrected chi connectivity index (χ4v) is 5.02. The van der Waals surface area contributed by atoms with Gasteiger partial charge < -0.3 is 20.2 Å². The van der Waals surface area contributed by atoms with Crippen molar-refractivity contribution >= 4 is 44.4 Å². The number of carbonyl (C=O) groups is 1. The number of hydrogen-bond acceptors (Lipinski definition) is 7. The van der Waals surface area contributed by atoms with Gasteiger partial charge >= 0.3 is 0 Å². The maximum Gasteiger partial charge on any atom is 0.266 e. The minimum atomic E-state index is 0.0212. The topological polar surface area (TPSA) is 87.0 Å². The van der Waals surface area contributed by atoms with Gasteiger partial charge in [0.2, 0.25) is 0 Å². The third-order valence-corrected chi connectivity index (χ3v) is 6.55. The van der Waals surface area contributed by atoms with E-state index >= 15 is 0 Å². The van der Waals surface area contributed by atoms with E-state index in [1.165, 1.54) is 11.3 Å². The van der Waals surface area contributed by atoms with Crippen molar-refractivity contribution in [2.24, 2.45) is 5.16 Å². The van der Waals surface area contributed by atoms with Crippen molar-refractivity contribution in [2.75, 3.05) is 31.6 Å². The largest absolute Gasteiger partial charge is 0.411 e. The van der Waals surface area contributed by atoms with Gasteiger partial charge in [-0.25, -0.2) is 0 Å². The summed E-state index contributed by atoms with van der Waals surface area (Å²) in [5.41, 5.74) is 4.59. The first kappa shape index (κ1) is 18.1. The van der Waals surface area contributed by atoms with E-state index in [-0.39, 0.29) is 5.91 Å². The molecule has 1 aliphatic heterocycles. The van der Waals surface area contributed by atoms with Crippen LogP contribution < -0.4 is 5.32 Å². The van der Waals surface area contributed by atoms with E-state index in [4.69, 9.17) is 9.94 Å². The molecule has 3 heterocycles. The molecule has 1 fully saturated rings. The summed E-state index contributed by atoms with van der Waals surface area (Å²) in [5.74, 6) is 0.0212. The Bertz CT molecular complexity index is 1120. The van der Waals surface area contributed by atoms with E-state index in [1.54, 1.807) is 12.4 Å². The first-order chi connectivity index (χ1) is 14.2. The lowest BCUT2D eigenvalue weighted by molar-refractivity contribution is 0.0307. The zero-order valence-electron chi connectivity index (χ0n) is 15.7. The lowest BCUT2D eigenvalue weighted by Gasteiger charge is -2.26. The van der Waals surface area contributed by atoms with Crippen LogP contribution in [0.25, 0.3) is 10.1 Å². The van der Waals surface area contributed by atoms with Crippen LogP contribution in [0.2, 0.25) is 0 Å². The molecule has 2 aromatic heterocycles. The molecule has 29 heavy (non-hydrogen) atoms. The molecule has 2 aliphatic rings. The Balaban J connectivity index is 1.53. The fraction of sp³-hybridized carbons (Fsp3) is 0.286. The molecule has 0 bridgehead atoms. The van der Waals surface area contributed by atoms with Crippen LogP contribution in [-0.2, 0) is 11.2 Å². The molecule has 1 aromatic carbocycles. The van der Waals surface area contributed by atoms with Crippen molar-refractivity contribution < 1.29 is 14.7 Å². The summed E-state index contributed by atoms with van der Waals surface area (Å²) in [7, 11) is 0. The van der Waals surface area contributed by atoms with Gasteiger partial charge in [-0.3, -0.25) is 9.78 Å². The highest BCUT2D eigenvalue weighted by Crippen LogP contribution is 2.38. The minimum Gasteiger partial charge on any atom is -0.411 e. The van der Waals surface area contributed by atoms with Crippen molar-refractivity contribution in [1.29, 1.82) is 0 Å². The number of hydrogen-bond donors (Lipinski definition) is 2. The molecule has 2 N–H and O–H groups in total. The third kappa shape index (κ3) is 3.24. The number of anilines is 2. The van der Waals surface area contributed by atoms with Gasteiger partial charge in [0.25, 0.3) is 5.91 Å². The average Bonchev–Trinajstić information content (AvgIpc) is 3.35. The Morgan fingerprint density at radius 1 is 1.24 bits per heavy atom. The molecule has 0 radical (unpaired) electrons. The Morgan fingerprint density at radius 3 is 2.93 bits per heavy atom. The Labute approximate surface area is 171 Å². The second-order valence-corrected chi connectivity index (χ2v) is 8.18. The summed E-state index contributed by atoms with van der Waals surface area (Å²) in [6.45, 7) is 2.35. The number of benzene rings is 1. The molecule has 8 heteroatoms. The molecule has 1 aliphatic carbocycles. The van der Waals surface area contributed by atoms with Gasteiger partial charge in [0, 0.05) is 42.1 Å². The highest BCUT2D eigenvalue weighted by Gasteiger charge is 2.25. The van der Waals surface area contributed by atoms with E-state index in [9.17, 15) is 4.79 Å². The van der Waals surface area contributed by atoms with Crippen LogP contribution in [-0.4, -0.2) is 53.0 Å². The number of aryl methyl sites for hydroxylation is 1. The van der Waals surface area contributed by atoms with Crippen molar-refractivity contribution in [3.8, 4) is 0 Å². The number of aromatic nitrogens is 1. The third-order valence-electron chi connectivity index (χ3n) is 5.42. The Morgan fingerprint density at radius 2 is 2.10 bits per heavy atom.